The molecule has 1 amide bonds. The second-order valence-corrected chi connectivity index (χ2v) is 5.59. The molecule has 0 saturated heterocycles. The monoisotopic (exact) mass is 270 g/mol. The van der Waals surface area contributed by atoms with E-state index in [4.69, 9.17) is 5.73 Å². The molecule has 0 aliphatic rings. The van der Waals surface area contributed by atoms with Crippen LogP contribution in [0, 0.1) is 17.0 Å². The number of nitrogens with two attached hydrogens (primary N) is 1. The Hall–Kier alpha value is -1.49. The van der Waals surface area contributed by atoms with Crippen molar-refractivity contribution < 1.29 is 13.6 Å². The van der Waals surface area contributed by atoms with Gasteiger partial charge in [0.2, 0.25) is 0 Å². The fourth-order valence-corrected chi connectivity index (χ4v) is 1.80. The maximum absolute atomic E-state index is 13.5. The number of benzene rings is 1. The molecule has 3 N–H and O–H groups in total. The highest BCUT2D eigenvalue weighted by Crippen LogP contribution is 2.22. The number of carbonyl (C=O) groups is 1. The Labute approximate surface area is 112 Å². The SMILES string of the molecule is CC(C)(C)C(CCN)NC(=O)c1ccc(F)cc1F. The van der Waals surface area contributed by atoms with E-state index in [0.717, 1.165) is 12.1 Å². The normalized spacial score (nSPS) is 13.2. The minimum absolute atomic E-state index is 0.160. The summed E-state index contributed by atoms with van der Waals surface area (Å²) in [6, 6.07) is 2.73. The van der Waals surface area contributed by atoms with Crippen LogP contribution in [0.4, 0.5) is 8.78 Å². The Morgan fingerprint density at radius 3 is 2.47 bits per heavy atom. The van der Waals surface area contributed by atoms with E-state index >= 15 is 0 Å². The van der Waals surface area contributed by atoms with Gasteiger partial charge in [-0.2, -0.15) is 0 Å². The van der Waals surface area contributed by atoms with Gasteiger partial charge in [-0.15, -0.1) is 0 Å². The summed E-state index contributed by atoms with van der Waals surface area (Å²) in [5.41, 5.74) is 5.17. The second kappa shape index (κ2) is 6.10. The highest BCUT2D eigenvalue weighted by Gasteiger charge is 2.26. The van der Waals surface area contributed by atoms with Crippen molar-refractivity contribution in [2.24, 2.45) is 11.1 Å². The maximum atomic E-state index is 13.5. The van der Waals surface area contributed by atoms with Crippen molar-refractivity contribution in [3.05, 3.63) is 35.4 Å². The van der Waals surface area contributed by atoms with Gasteiger partial charge in [0.05, 0.1) is 5.56 Å². The second-order valence-electron chi connectivity index (χ2n) is 5.59. The van der Waals surface area contributed by atoms with Crippen molar-refractivity contribution in [1.29, 1.82) is 0 Å². The summed E-state index contributed by atoms with van der Waals surface area (Å²) < 4.78 is 26.3. The van der Waals surface area contributed by atoms with Crippen molar-refractivity contribution in [2.45, 2.75) is 33.2 Å². The van der Waals surface area contributed by atoms with Crippen LogP contribution in [0.25, 0.3) is 0 Å². The summed E-state index contributed by atoms with van der Waals surface area (Å²) in [5, 5.41) is 2.75. The zero-order valence-corrected chi connectivity index (χ0v) is 11.5. The average molecular weight is 270 g/mol. The molecule has 19 heavy (non-hydrogen) atoms. The summed E-state index contributed by atoms with van der Waals surface area (Å²) in [6.45, 7) is 6.33. The Kier molecular flexibility index (Phi) is 5.00. The minimum atomic E-state index is -0.863. The predicted molar refractivity (Wildman–Crippen MR) is 70.7 cm³/mol. The van der Waals surface area contributed by atoms with Crippen molar-refractivity contribution in [3.63, 3.8) is 0 Å². The Balaban J connectivity index is 2.88. The van der Waals surface area contributed by atoms with Gasteiger partial charge in [0.25, 0.3) is 5.91 Å². The Morgan fingerprint density at radius 2 is 2.00 bits per heavy atom. The third kappa shape index (κ3) is 4.28. The highest BCUT2D eigenvalue weighted by molar-refractivity contribution is 5.94. The molecule has 0 radical (unpaired) electrons. The van der Waals surface area contributed by atoms with Gasteiger partial charge in [-0.25, -0.2) is 8.78 Å². The molecular weight excluding hydrogens is 250 g/mol. The highest BCUT2D eigenvalue weighted by atomic mass is 19.1. The van der Waals surface area contributed by atoms with E-state index in [1.165, 1.54) is 0 Å². The molecule has 1 rings (SSSR count). The molecule has 0 aromatic heterocycles. The maximum Gasteiger partial charge on any atom is 0.254 e. The number of rotatable bonds is 4. The lowest BCUT2D eigenvalue weighted by atomic mass is 9.84. The lowest BCUT2D eigenvalue weighted by Gasteiger charge is -2.31. The molecule has 0 fully saturated rings. The molecule has 0 spiro atoms. The van der Waals surface area contributed by atoms with E-state index in [1.807, 2.05) is 20.8 Å². The molecule has 0 bridgehead atoms. The molecule has 1 aromatic rings. The van der Waals surface area contributed by atoms with Crippen molar-refractivity contribution in [2.75, 3.05) is 6.54 Å². The van der Waals surface area contributed by atoms with E-state index in [9.17, 15) is 13.6 Å². The molecule has 0 aliphatic heterocycles. The van der Waals surface area contributed by atoms with Crippen LogP contribution in [0.2, 0.25) is 0 Å². The molecular formula is C14H20F2N2O. The molecule has 0 heterocycles. The van der Waals surface area contributed by atoms with Crippen LogP contribution in [0.3, 0.4) is 0 Å². The van der Waals surface area contributed by atoms with Gasteiger partial charge in [-0.1, -0.05) is 20.8 Å². The number of carbonyl (C=O) groups excluding carboxylic acids is 1. The van der Waals surface area contributed by atoms with Gasteiger partial charge in [0.1, 0.15) is 11.6 Å². The summed E-state index contributed by atoms with van der Waals surface area (Å²) in [5.74, 6) is -2.12. The number of halogens is 2. The third-order valence-corrected chi connectivity index (χ3v) is 2.98. The fraction of sp³-hybridized carbons (Fsp3) is 0.500. The molecule has 1 aromatic carbocycles. The van der Waals surface area contributed by atoms with Crippen molar-refractivity contribution >= 4 is 5.91 Å². The van der Waals surface area contributed by atoms with E-state index < -0.39 is 17.5 Å². The van der Waals surface area contributed by atoms with Gasteiger partial charge in [-0.3, -0.25) is 4.79 Å². The van der Waals surface area contributed by atoms with E-state index in [-0.39, 0.29) is 17.0 Å². The molecule has 1 unspecified atom stereocenters. The fourth-order valence-electron chi connectivity index (χ4n) is 1.80. The standard InChI is InChI=1S/C14H20F2N2O/c1-14(2,3)12(6-7-17)18-13(19)10-5-4-9(15)8-11(10)16/h4-5,8,12H,6-7,17H2,1-3H3,(H,18,19). The minimum Gasteiger partial charge on any atom is -0.349 e. The van der Waals surface area contributed by atoms with Gasteiger partial charge in [0.15, 0.2) is 0 Å². The molecule has 106 valence electrons. The van der Waals surface area contributed by atoms with E-state index in [0.29, 0.717) is 19.0 Å². The van der Waals surface area contributed by atoms with Crippen molar-refractivity contribution in [1.82, 2.24) is 5.32 Å². The van der Waals surface area contributed by atoms with Gasteiger partial charge in [0, 0.05) is 12.1 Å². The summed E-state index contributed by atoms with van der Waals surface area (Å²) >= 11 is 0. The Morgan fingerprint density at radius 1 is 1.37 bits per heavy atom. The van der Waals surface area contributed by atoms with E-state index in [2.05, 4.69) is 5.32 Å². The quantitative estimate of drug-likeness (QED) is 0.883. The first-order chi connectivity index (χ1) is 8.75. The first-order valence-electron chi connectivity index (χ1n) is 6.21. The van der Waals surface area contributed by atoms with Crippen LogP contribution in [0.15, 0.2) is 18.2 Å². The Bertz CT molecular complexity index is 455. The molecule has 1 atom stereocenters. The van der Waals surface area contributed by atoms with Crippen LogP contribution >= 0.6 is 0 Å². The zero-order valence-electron chi connectivity index (χ0n) is 11.5. The number of amides is 1. The number of hydrogen-bond donors (Lipinski definition) is 2. The zero-order chi connectivity index (χ0) is 14.6. The lowest BCUT2D eigenvalue weighted by Crippen LogP contribution is -2.45. The van der Waals surface area contributed by atoms with Crippen LogP contribution < -0.4 is 11.1 Å². The predicted octanol–water partition coefficient (Wildman–Crippen LogP) is 2.46. The molecule has 5 heteroatoms. The topological polar surface area (TPSA) is 55.1 Å². The molecule has 3 nitrogen and oxygen atoms in total. The first kappa shape index (κ1) is 15.6. The van der Waals surface area contributed by atoms with E-state index in [1.54, 1.807) is 0 Å². The van der Waals surface area contributed by atoms with Crippen molar-refractivity contribution in [3.8, 4) is 0 Å². The summed E-state index contributed by atoms with van der Waals surface area (Å²) in [4.78, 5) is 12.0. The van der Waals surface area contributed by atoms with Crippen LogP contribution in [-0.4, -0.2) is 18.5 Å². The smallest absolute Gasteiger partial charge is 0.254 e. The van der Waals surface area contributed by atoms with Crippen LogP contribution in [-0.2, 0) is 0 Å². The summed E-state index contributed by atoms with van der Waals surface area (Å²) in [7, 11) is 0. The summed E-state index contributed by atoms with van der Waals surface area (Å²) in [6.07, 6.45) is 0.595. The van der Waals surface area contributed by atoms with Crippen LogP contribution in [0.5, 0.6) is 0 Å². The van der Waals surface area contributed by atoms with Crippen LogP contribution in [0.1, 0.15) is 37.6 Å². The van der Waals surface area contributed by atoms with Gasteiger partial charge < -0.3 is 11.1 Å². The first-order valence-corrected chi connectivity index (χ1v) is 6.21. The third-order valence-electron chi connectivity index (χ3n) is 2.98. The number of nitrogens with one attached hydrogen (secondary N) is 1. The largest absolute Gasteiger partial charge is 0.349 e. The molecule has 0 saturated carbocycles. The van der Waals surface area contributed by atoms with Gasteiger partial charge in [-0.05, 0) is 30.5 Å². The van der Waals surface area contributed by atoms with Gasteiger partial charge >= 0.3 is 0 Å². The number of hydrogen-bond acceptors (Lipinski definition) is 2. The average Bonchev–Trinajstić information content (AvgIpc) is 2.26. The lowest BCUT2D eigenvalue weighted by molar-refractivity contribution is 0.0894. The molecule has 0 aliphatic carbocycles.